The van der Waals surface area contributed by atoms with Crippen molar-refractivity contribution in [2.45, 2.75) is 108 Å². The fraction of sp³-hybridized carbons (Fsp3) is 0.528. The third-order valence-corrected chi connectivity index (χ3v) is 15.9. The number of carbonyl (C=O) groups excluding carboxylic acids is 3. The lowest BCUT2D eigenvalue weighted by Gasteiger charge is -2.39. The van der Waals surface area contributed by atoms with E-state index in [9.17, 15) is 14.4 Å². The number of H-pyrrole nitrogens is 2. The van der Waals surface area contributed by atoms with Crippen molar-refractivity contribution in [3.05, 3.63) is 83.7 Å². The monoisotopic (exact) mass is 943 g/mol. The molecular formula is C53H66N8O8. The minimum atomic E-state index is -0.696. The Morgan fingerprint density at radius 2 is 1.32 bits per heavy atom. The topological polar surface area (TPSA) is 185 Å². The normalized spacial score (nSPS) is 21.5. The van der Waals surface area contributed by atoms with Gasteiger partial charge in [0.15, 0.2) is 0 Å². The van der Waals surface area contributed by atoms with Crippen molar-refractivity contribution >= 4 is 28.9 Å². The van der Waals surface area contributed by atoms with Crippen LogP contribution in [0.3, 0.4) is 0 Å². The van der Waals surface area contributed by atoms with Gasteiger partial charge in [0.05, 0.1) is 50.1 Å². The summed E-state index contributed by atoms with van der Waals surface area (Å²) in [6.07, 6.45) is 11.5. The predicted octanol–water partition coefficient (Wildman–Crippen LogP) is 8.93. The van der Waals surface area contributed by atoms with E-state index in [0.717, 1.165) is 126 Å². The van der Waals surface area contributed by atoms with Gasteiger partial charge in [0.1, 0.15) is 29.2 Å². The molecule has 3 amide bonds. The minimum Gasteiger partial charge on any atom is -0.457 e. The van der Waals surface area contributed by atoms with Gasteiger partial charge in [-0.05, 0) is 118 Å². The van der Waals surface area contributed by atoms with Crippen molar-refractivity contribution in [2.24, 2.45) is 11.8 Å². The Hall–Kier alpha value is -5.97. The largest absolute Gasteiger partial charge is 0.457 e. The number of aromatic amines is 2. The number of hydrogen-bond donors (Lipinski definition) is 4. The highest BCUT2D eigenvalue weighted by molar-refractivity contribution is 5.90. The molecule has 0 bridgehead atoms. The molecule has 4 fully saturated rings. The molecule has 5 aliphatic rings. The molecule has 0 spiro atoms. The number of benzene rings is 3. The van der Waals surface area contributed by atoms with Gasteiger partial charge >= 0.3 is 12.2 Å². The first kappa shape index (κ1) is 46.7. The smallest absolute Gasteiger partial charge is 0.407 e. The number of aromatic nitrogens is 4. The van der Waals surface area contributed by atoms with Gasteiger partial charge in [-0.15, -0.1) is 0 Å². The van der Waals surface area contributed by atoms with E-state index in [1.54, 1.807) is 0 Å². The van der Waals surface area contributed by atoms with Gasteiger partial charge in [-0.3, -0.25) is 9.69 Å². The number of likely N-dealkylation sites (tertiary alicyclic amines) is 2. The van der Waals surface area contributed by atoms with E-state index in [1.165, 1.54) is 19.8 Å². The van der Waals surface area contributed by atoms with Gasteiger partial charge in [0.25, 0.3) is 0 Å². The summed E-state index contributed by atoms with van der Waals surface area (Å²) in [6, 6.07) is 16.7. The second-order valence-corrected chi connectivity index (χ2v) is 19.5. The van der Waals surface area contributed by atoms with Crippen LogP contribution in [0.5, 0.6) is 11.5 Å². The van der Waals surface area contributed by atoms with Crippen LogP contribution in [-0.2, 0) is 29.2 Å². The maximum Gasteiger partial charge on any atom is 0.407 e. The van der Waals surface area contributed by atoms with Gasteiger partial charge in [0.2, 0.25) is 5.91 Å². The number of imidazole rings is 2. The molecule has 0 aliphatic carbocycles. The Morgan fingerprint density at radius 1 is 0.710 bits per heavy atom. The first-order valence-electron chi connectivity index (χ1n) is 25.1. The average Bonchev–Trinajstić information content (AvgIpc) is 4.25. The third-order valence-electron chi connectivity index (χ3n) is 15.9. The zero-order valence-electron chi connectivity index (χ0n) is 40.3. The highest BCUT2D eigenvalue weighted by Gasteiger charge is 2.42. The summed E-state index contributed by atoms with van der Waals surface area (Å²) < 4.78 is 28.0. The third kappa shape index (κ3) is 9.18. The first-order chi connectivity index (χ1) is 33.7. The van der Waals surface area contributed by atoms with Crippen LogP contribution >= 0.6 is 0 Å². The van der Waals surface area contributed by atoms with Crippen LogP contribution < -0.4 is 15.4 Å². The summed E-state index contributed by atoms with van der Waals surface area (Å²) in [7, 11) is 2.74. The van der Waals surface area contributed by atoms with E-state index in [0.29, 0.717) is 51.7 Å². The maximum absolute atomic E-state index is 14.2. The molecule has 69 heavy (non-hydrogen) atoms. The highest BCUT2D eigenvalue weighted by atomic mass is 16.5. The molecular weight excluding hydrogens is 877 g/mol. The van der Waals surface area contributed by atoms with E-state index >= 15 is 0 Å². The van der Waals surface area contributed by atoms with Crippen LogP contribution in [0.15, 0.2) is 60.9 Å². The molecule has 0 saturated carbocycles. The lowest BCUT2D eigenvalue weighted by molar-refractivity contribution is -0.136. The van der Waals surface area contributed by atoms with Crippen molar-refractivity contribution in [1.29, 1.82) is 0 Å². The predicted molar refractivity (Wildman–Crippen MR) is 260 cm³/mol. The molecule has 10 rings (SSSR count). The molecule has 0 radical (unpaired) electrons. The van der Waals surface area contributed by atoms with E-state index in [4.69, 9.17) is 33.7 Å². The Kier molecular flexibility index (Phi) is 13.7. The number of ether oxygens (including phenoxy) is 5. The lowest BCUT2D eigenvalue weighted by Crippen LogP contribution is -2.53. The maximum atomic E-state index is 14.2. The lowest BCUT2D eigenvalue weighted by atomic mass is 9.68. The number of methoxy groups -OCH3 is 2. The number of fused-ring (bicyclic) bond motifs is 3. The summed E-state index contributed by atoms with van der Waals surface area (Å²) in [5.41, 5.74) is 5.90. The van der Waals surface area contributed by atoms with Crippen LogP contribution in [0.25, 0.3) is 33.3 Å². The molecule has 366 valence electrons. The SMILES string of the molecule is CCC1(CC)c2ccc(-c3cnc([C@@H]4CCCN4C(=O)[C@@H](NC(=O)OC)C4CCOCC4)[nH]3)cc2Oc2cc3ccc(-c4cnc([C@@H]5CCCN5C[C@@H](NC(=O)OC)C5CCOCC5)[nH]4)cc3cc21. The second-order valence-electron chi connectivity index (χ2n) is 19.5. The summed E-state index contributed by atoms with van der Waals surface area (Å²) in [5.74, 6) is 3.54. The van der Waals surface area contributed by atoms with Crippen molar-refractivity contribution in [3.8, 4) is 34.0 Å². The number of rotatable bonds is 13. The molecule has 7 heterocycles. The Labute approximate surface area is 403 Å². The summed E-state index contributed by atoms with van der Waals surface area (Å²) in [4.78, 5) is 60.4. The Morgan fingerprint density at radius 3 is 2.01 bits per heavy atom. The summed E-state index contributed by atoms with van der Waals surface area (Å²) in [6.45, 7) is 9.32. The molecule has 5 aliphatic heterocycles. The van der Waals surface area contributed by atoms with Crippen LogP contribution in [0.1, 0.15) is 113 Å². The van der Waals surface area contributed by atoms with Gasteiger partial charge in [-0.1, -0.05) is 38.1 Å². The fourth-order valence-electron chi connectivity index (χ4n) is 12.0. The Balaban J connectivity index is 0.874. The average molecular weight is 943 g/mol. The summed E-state index contributed by atoms with van der Waals surface area (Å²) >= 11 is 0. The van der Waals surface area contributed by atoms with Gasteiger partial charge in [-0.2, -0.15) is 0 Å². The molecule has 4 atom stereocenters. The second kappa shape index (κ2) is 20.2. The molecule has 16 nitrogen and oxygen atoms in total. The number of amides is 3. The Bertz CT molecular complexity index is 2650. The van der Waals surface area contributed by atoms with Crippen LogP contribution in [-0.4, -0.2) is 120 Å². The first-order valence-corrected chi connectivity index (χ1v) is 25.1. The number of nitrogens with zero attached hydrogens (tertiary/aromatic N) is 4. The van der Waals surface area contributed by atoms with Crippen LogP contribution in [0.4, 0.5) is 9.59 Å². The van der Waals surface area contributed by atoms with Gasteiger partial charge < -0.3 is 49.2 Å². The van der Waals surface area contributed by atoms with Crippen molar-refractivity contribution in [3.63, 3.8) is 0 Å². The zero-order valence-corrected chi connectivity index (χ0v) is 40.3. The molecule has 4 N–H and O–H groups in total. The van der Waals surface area contributed by atoms with Crippen molar-refractivity contribution in [1.82, 2.24) is 40.4 Å². The molecule has 3 aromatic carbocycles. The fourth-order valence-corrected chi connectivity index (χ4v) is 12.0. The van der Waals surface area contributed by atoms with Crippen molar-refractivity contribution < 1.29 is 38.1 Å². The zero-order chi connectivity index (χ0) is 47.6. The molecule has 5 aromatic rings. The van der Waals surface area contributed by atoms with Crippen LogP contribution in [0.2, 0.25) is 0 Å². The molecule has 0 unspecified atom stereocenters. The quantitative estimate of drug-likeness (QED) is 0.0884. The molecule has 2 aromatic heterocycles. The number of nitrogens with one attached hydrogen (secondary N) is 4. The molecule has 4 saturated heterocycles. The van der Waals surface area contributed by atoms with E-state index in [1.807, 2.05) is 17.3 Å². The minimum absolute atomic E-state index is 0.0292. The number of carbonyl (C=O) groups is 3. The number of hydrogen-bond acceptors (Lipinski definition) is 11. The number of alkyl carbamates (subject to hydrolysis) is 2. The van der Waals surface area contributed by atoms with E-state index in [-0.39, 0.29) is 35.4 Å². The molecule has 16 heteroatoms. The van der Waals surface area contributed by atoms with Gasteiger partial charge in [0, 0.05) is 73.2 Å². The van der Waals surface area contributed by atoms with Crippen molar-refractivity contribution in [2.75, 3.05) is 60.3 Å². The van der Waals surface area contributed by atoms with Crippen LogP contribution in [0, 0.1) is 11.8 Å². The standard InChI is InChI=1S/C53H66N8O8/c1-5-53(6-2)38-14-13-36(41-30-55-49(57-41)44-10-8-20-61(44)50(62)47(59-52(64)66-4)33-17-23-68-24-18-33)28-45(38)69-46-27-34-11-12-35(25-37(34)26-39(46)53)40-29-54-48(56-40)43-9-7-19-60(43)31-42(58-51(63)65-3)32-15-21-67-22-16-32/h11-14,25-30,32-33,42-44,47H,5-10,15-24,31H2,1-4H3,(H,54,56)(H,55,57)(H,58,63)(H,59,64)/t42-,43+,44+,47+/m1/s1. The summed E-state index contributed by atoms with van der Waals surface area (Å²) in [5, 5.41) is 8.21. The van der Waals surface area contributed by atoms with E-state index < -0.39 is 18.2 Å². The van der Waals surface area contributed by atoms with Gasteiger partial charge in [-0.25, -0.2) is 19.6 Å². The van der Waals surface area contributed by atoms with E-state index in [2.05, 4.69) is 87.9 Å². The highest BCUT2D eigenvalue weighted by Crippen LogP contribution is 2.53.